The largest absolute Gasteiger partial charge is 0.366 e. The Morgan fingerprint density at radius 3 is 2.29 bits per heavy atom. The van der Waals surface area contributed by atoms with Gasteiger partial charge >= 0.3 is 0 Å². The lowest BCUT2D eigenvalue weighted by molar-refractivity contribution is -0.384. The number of carbonyl (C=O) groups is 2. The van der Waals surface area contributed by atoms with Crippen LogP contribution < -0.4 is 15.5 Å². The minimum atomic E-state index is -0.369. The van der Waals surface area contributed by atoms with E-state index in [1.165, 1.54) is 6.07 Å². The number of nitrogens with zero attached hydrogens (tertiary/aromatic N) is 2. The molecule has 2 N–H and O–H groups in total. The Labute approximate surface area is 180 Å². The third kappa shape index (κ3) is 4.84. The molecule has 0 aromatic heterocycles. The summed E-state index contributed by atoms with van der Waals surface area (Å²) in [5.74, 6) is -0.0763. The molecule has 0 atom stereocenters. The normalized spacial score (nSPS) is 16.6. The molecule has 2 fully saturated rings. The van der Waals surface area contributed by atoms with Crippen molar-refractivity contribution >= 4 is 34.6 Å². The molecule has 2 aromatic carbocycles. The van der Waals surface area contributed by atoms with Gasteiger partial charge in [0.15, 0.2) is 0 Å². The number of hydrogen-bond acceptors (Lipinski definition) is 5. The molecular formula is C23H26N4O4. The highest BCUT2D eigenvalue weighted by molar-refractivity contribution is 5.97. The quantitative estimate of drug-likeness (QED) is 0.539. The van der Waals surface area contributed by atoms with Crippen molar-refractivity contribution in [3.05, 3.63) is 58.1 Å². The molecule has 0 spiro atoms. The van der Waals surface area contributed by atoms with Crippen molar-refractivity contribution in [2.24, 2.45) is 11.8 Å². The third-order valence-electron chi connectivity index (χ3n) is 6.00. The van der Waals surface area contributed by atoms with Crippen molar-refractivity contribution in [3.63, 3.8) is 0 Å². The maximum Gasteiger partial charge on any atom is 0.292 e. The van der Waals surface area contributed by atoms with Crippen LogP contribution in [0.2, 0.25) is 0 Å². The molecule has 0 bridgehead atoms. The fourth-order valence-electron chi connectivity index (χ4n) is 3.93. The summed E-state index contributed by atoms with van der Waals surface area (Å²) in [6.45, 7) is 3.08. The lowest BCUT2D eigenvalue weighted by Gasteiger charge is -2.32. The van der Waals surface area contributed by atoms with E-state index in [4.69, 9.17) is 0 Å². The predicted molar refractivity (Wildman–Crippen MR) is 119 cm³/mol. The van der Waals surface area contributed by atoms with Gasteiger partial charge in [-0.1, -0.05) is 18.2 Å². The molecule has 2 aromatic rings. The summed E-state index contributed by atoms with van der Waals surface area (Å²) in [6, 6.07) is 12.2. The molecule has 1 heterocycles. The van der Waals surface area contributed by atoms with E-state index in [0.717, 1.165) is 18.4 Å². The van der Waals surface area contributed by atoms with Crippen LogP contribution >= 0.6 is 0 Å². The number of para-hydroxylation sites is 2. The van der Waals surface area contributed by atoms with Crippen LogP contribution in [-0.2, 0) is 9.59 Å². The lowest BCUT2D eigenvalue weighted by Crippen LogP contribution is -2.38. The first-order valence-electron chi connectivity index (χ1n) is 10.6. The van der Waals surface area contributed by atoms with Gasteiger partial charge in [-0.15, -0.1) is 0 Å². The zero-order chi connectivity index (χ0) is 22.0. The number of amides is 2. The number of nitro groups is 1. The second-order valence-electron chi connectivity index (χ2n) is 8.29. The summed E-state index contributed by atoms with van der Waals surface area (Å²) in [5.41, 5.74) is 2.99. The van der Waals surface area contributed by atoms with Gasteiger partial charge in [-0.05, 0) is 56.4 Å². The van der Waals surface area contributed by atoms with Gasteiger partial charge in [-0.25, -0.2) is 0 Å². The standard InChI is InChI=1S/C23H26N4O4/c1-15-6-9-18(24-22(28)16-7-8-16)14-19(15)25-23(29)17-10-12-26(13-11-17)20-4-2-3-5-21(20)27(30)31/h2-6,9,14,16-17H,7-8,10-13H2,1H3,(H,24,28)(H,25,29). The van der Waals surface area contributed by atoms with E-state index in [1.54, 1.807) is 24.3 Å². The Kier molecular flexibility index (Phi) is 5.88. The summed E-state index contributed by atoms with van der Waals surface area (Å²) in [6.07, 6.45) is 3.11. The zero-order valence-corrected chi connectivity index (χ0v) is 17.5. The van der Waals surface area contributed by atoms with Crippen molar-refractivity contribution < 1.29 is 14.5 Å². The van der Waals surface area contributed by atoms with Crippen LogP contribution in [0.4, 0.5) is 22.7 Å². The Morgan fingerprint density at radius 2 is 1.61 bits per heavy atom. The van der Waals surface area contributed by atoms with E-state index in [0.29, 0.717) is 43.0 Å². The minimum absolute atomic E-state index is 0.0310. The number of carbonyl (C=O) groups excluding carboxylic acids is 2. The number of piperidine rings is 1. The van der Waals surface area contributed by atoms with Crippen molar-refractivity contribution in [2.75, 3.05) is 28.6 Å². The van der Waals surface area contributed by atoms with E-state index in [-0.39, 0.29) is 34.3 Å². The maximum absolute atomic E-state index is 12.9. The van der Waals surface area contributed by atoms with Gasteiger partial charge in [0.2, 0.25) is 11.8 Å². The Balaban J connectivity index is 1.37. The van der Waals surface area contributed by atoms with Crippen LogP contribution in [0, 0.1) is 28.9 Å². The number of nitrogens with one attached hydrogen (secondary N) is 2. The van der Waals surface area contributed by atoms with E-state index < -0.39 is 0 Å². The maximum atomic E-state index is 12.9. The number of rotatable bonds is 6. The number of aryl methyl sites for hydroxylation is 1. The number of anilines is 3. The monoisotopic (exact) mass is 422 g/mol. The molecule has 1 aliphatic carbocycles. The molecule has 1 aliphatic heterocycles. The number of hydrogen-bond donors (Lipinski definition) is 2. The average Bonchev–Trinajstić information content (AvgIpc) is 3.62. The molecule has 8 nitrogen and oxygen atoms in total. The third-order valence-corrected chi connectivity index (χ3v) is 6.00. The Bertz CT molecular complexity index is 1010. The molecule has 8 heteroatoms. The molecule has 1 saturated heterocycles. The molecular weight excluding hydrogens is 396 g/mol. The summed E-state index contributed by atoms with van der Waals surface area (Å²) >= 11 is 0. The molecule has 4 rings (SSSR count). The number of nitro benzene ring substituents is 1. The highest BCUT2D eigenvalue weighted by Crippen LogP contribution is 2.33. The minimum Gasteiger partial charge on any atom is -0.366 e. The predicted octanol–water partition coefficient (Wildman–Crippen LogP) is 4.11. The van der Waals surface area contributed by atoms with Crippen LogP contribution in [0.15, 0.2) is 42.5 Å². The summed E-state index contributed by atoms with van der Waals surface area (Å²) < 4.78 is 0. The van der Waals surface area contributed by atoms with Crippen molar-refractivity contribution in [3.8, 4) is 0 Å². The van der Waals surface area contributed by atoms with Gasteiger partial charge in [0, 0.05) is 42.4 Å². The average molecular weight is 422 g/mol. The highest BCUT2D eigenvalue weighted by Gasteiger charge is 2.30. The smallest absolute Gasteiger partial charge is 0.292 e. The van der Waals surface area contributed by atoms with Crippen LogP contribution in [0.1, 0.15) is 31.2 Å². The summed E-state index contributed by atoms with van der Waals surface area (Å²) in [4.78, 5) is 37.8. The van der Waals surface area contributed by atoms with Crippen molar-refractivity contribution in [1.29, 1.82) is 0 Å². The molecule has 2 amide bonds. The topological polar surface area (TPSA) is 105 Å². The first-order chi connectivity index (χ1) is 14.9. The SMILES string of the molecule is Cc1ccc(NC(=O)C2CC2)cc1NC(=O)C1CCN(c2ccccc2[N+](=O)[O-])CC1. The molecule has 31 heavy (non-hydrogen) atoms. The van der Waals surface area contributed by atoms with Gasteiger partial charge in [0.05, 0.1) is 4.92 Å². The van der Waals surface area contributed by atoms with Crippen LogP contribution in [0.25, 0.3) is 0 Å². The fraction of sp³-hybridized carbons (Fsp3) is 0.391. The van der Waals surface area contributed by atoms with Crippen molar-refractivity contribution in [1.82, 2.24) is 0 Å². The van der Waals surface area contributed by atoms with E-state index in [1.807, 2.05) is 24.0 Å². The first kappa shape index (κ1) is 20.8. The van der Waals surface area contributed by atoms with E-state index >= 15 is 0 Å². The molecule has 2 aliphatic rings. The molecule has 162 valence electrons. The summed E-state index contributed by atoms with van der Waals surface area (Å²) in [7, 11) is 0. The number of benzene rings is 2. The van der Waals surface area contributed by atoms with Crippen LogP contribution in [-0.4, -0.2) is 29.8 Å². The molecule has 0 radical (unpaired) electrons. The van der Waals surface area contributed by atoms with Crippen molar-refractivity contribution in [2.45, 2.75) is 32.6 Å². The van der Waals surface area contributed by atoms with Gasteiger partial charge in [0.1, 0.15) is 5.69 Å². The second-order valence-corrected chi connectivity index (χ2v) is 8.29. The molecule has 0 unspecified atom stereocenters. The zero-order valence-electron chi connectivity index (χ0n) is 17.5. The summed E-state index contributed by atoms with van der Waals surface area (Å²) in [5, 5.41) is 17.2. The molecule has 1 saturated carbocycles. The van der Waals surface area contributed by atoms with E-state index in [9.17, 15) is 19.7 Å². The fourth-order valence-corrected chi connectivity index (χ4v) is 3.93. The van der Waals surface area contributed by atoms with Crippen LogP contribution in [0.3, 0.4) is 0 Å². The lowest BCUT2D eigenvalue weighted by atomic mass is 9.95. The second kappa shape index (κ2) is 8.75. The Morgan fingerprint density at radius 1 is 0.968 bits per heavy atom. The highest BCUT2D eigenvalue weighted by atomic mass is 16.6. The first-order valence-corrected chi connectivity index (χ1v) is 10.6. The van der Waals surface area contributed by atoms with Gasteiger partial charge in [-0.3, -0.25) is 19.7 Å². The van der Waals surface area contributed by atoms with E-state index in [2.05, 4.69) is 10.6 Å². The van der Waals surface area contributed by atoms with Gasteiger partial charge in [-0.2, -0.15) is 0 Å². The Hall–Kier alpha value is -3.42. The van der Waals surface area contributed by atoms with Gasteiger partial charge in [0.25, 0.3) is 5.69 Å². The van der Waals surface area contributed by atoms with Gasteiger partial charge < -0.3 is 15.5 Å². The van der Waals surface area contributed by atoms with Crippen LogP contribution in [0.5, 0.6) is 0 Å².